The van der Waals surface area contributed by atoms with Crippen LogP contribution in [0.5, 0.6) is 0 Å². The molecule has 1 aromatic carbocycles. The standard InChI is InChI=1S/C19H22N4O2/c1-15(21-18(24)16-7-9-20-10-8-16)19(25)23-13-11-22(12-14-23)17-5-3-2-4-6-17/h2-10,15H,11-14H2,1H3,(H,21,24)/t15-/m1/s1. The van der Waals surface area contributed by atoms with E-state index in [9.17, 15) is 9.59 Å². The van der Waals surface area contributed by atoms with E-state index in [1.165, 1.54) is 5.69 Å². The summed E-state index contributed by atoms with van der Waals surface area (Å²) in [5.41, 5.74) is 1.68. The van der Waals surface area contributed by atoms with E-state index in [0.717, 1.165) is 13.1 Å². The molecule has 0 spiro atoms. The van der Waals surface area contributed by atoms with Gasteiger partial charge in [-0.3, -0.25) is 14.6 Å². The Morgan fingerprint density at radius 1 is 1.00 bits per heavy atom. The van der Waals surface area contributed by atoms with Gasteiger partial charge in [-0.1, -0.05) is 18.2 Å². The molecule has 2 aromatic rings. The highest BCUT2D eigenvalue weighted by atomic mass is 16.2. The van der Waals surface area contributed by atoms with Crippen LogP contribution in [0.15, 0.2) is 54.9 Å². The zero-order valence-corrected chi connectivity index (χ0v) is 14.3. The molecule has 0 unspecified atom stereocenters. The molecule has 1 aromatic heterocycles. The first kappa shape index (κ1) is 17.0. The first-order valence-corrected chi connectivity index (χ1v) is 8.45. The molecule has 0 saturated carbocycles. The zero-order valence-electron chi connectivity index (χ0n) is 14.3. The minimum absolute atomic E-state index is 0.0462. The number of para-hydroxylation sites is 1. The van der Waals surface area contributed by atoms with Gasteiger partial charge in [0.05, 0.1) is 0 Å². The van der Waals surface area contributed by atoms with Gasteiger partial charge in [0.1, 0.15) is 6.04 Å². The molecule has 1 fully saturated rings. The third-order valence-corrected chi connectivity index (χ3v) is 4.37. The summed E-state index contributed by atoms with van der Waals surface area (Å²) in [6.45, 7) is 4.62. The highest BCUT2D eigenvalue weighted by molar-refractivity contribution is 5.97. The van der Waals surface area contributed by atoms with Crippen molar-refractivity contribution < 1.29 is 9.59 Å². The van der Waals surface area contributed by atoms with Crippen molar-refractivity contribution in [2.24, 2.45) is 0 Å². The molecule has 1 N–H and O–H groups in total. The van der Waals surface area contributed by atoms with Crippen LogP contribution in [0.3, 0.4) is 0 Å². The van der Waals surface area contributed by atoms with E-state index >= 15 is 0 Å². The number of aromatic nitrogens is 1. The predicted octanol–water partition coefficient (Wildman–Crippen LogP) is 1.55. The van der Waals surface area contributed by atoms with Gasteiger partial charge in [-0.05, 0) is 31.2 Å². The molecular weight excluding hydrogens is 316 g/mol. The highest BCUT2D eigenvalue weighted by Gasteiger charge is 2.26. The van der Waals surface area contributed by atoms with Crippen molar-refractivity contribution in [1.82, 2.24) is 15.2 Å². The lowest BCUT2D eigenvalue weighted by molar-refractivity contribution is -0.133. The maximum absolute atomic E-state index is 12.6. The van der Waals surface area contributed by atoms with Crippen molar-refractivity contribution in [2.45, 2.75) is 13.0 Å². The summed E-state index contributed by atoms with van der Waals surface area (Å²) in [5.74, 6) is -0.304. The molecule has 6 nitrogen and oxygen atoms in total. The topological polar surface area (TPSA) is 65.5 Å². The number of piperazine rings is 1. The Bertz CT molecular complexity index is 713. The second kappa shape index (κ2) is 7.79. The van der Waals surface area contributed by atoms with Crippen molar-refractivity contribution in [1.29, 1.82) is 0 Å². The fourth-order valence-corrected chi connectivity index (χ4v) is 2.94. The number of nitrogens with one attached hydrogen (secondary N) is 1. The summed E-state index contributed by atoms with van der Waals surface area (Å²) < 4.78 is 0. The minimum atomic E-state index is -0.552. The third kappa shape index (κ3) is 4.15. The van der Waals surface area contributed by atoms with Crippen LogP contribution in [0.4, 0.5) is 5.69 Å². The number of hydrogen-bond donors (Lipinski definition) is 1. The first-order chi connectivity index (χ1) is 12.1. The monoisotopic (exact) mass is 338 g/mol. The molecule has 3 rings (SSSR count). The lowest BCUT2D eigenvalue weighted by atomic mass is 10.2. The number of benzene rings is 1. The molecule has 1 saturated heterocycles. The Labute approximate surface area is 147 Å². The molecule has 1 atom stereocenters. The normalized spacial score (nSPS) is 15.6. The van der Waals surface area contributed by atoms with Crippen molar-refractivity contribution in [3.8, 4) is 0 Å². The predicted molar refractivity (Wildman–Crippen MR) is 96.4 cm³/mol. The molecule has 0 radical (unpaired) electrons. The SMILES string of the molecule is C[C@@H](NC(=O)c1ccncc1)C(=O)N1CCN(c2ccccc2)CC1. The molecule has 2 amide bonds. The maximum Gasteiger partial charge on any atom is 0.252 e. The van der Waals surface area contributed by atoms with Crippen LogP contribution < -0.4 is 10.2 Å². The van der Waals surface area contributed by atoms with Crippen LogP contribution in [0, 0.1) is 0 Å². The van der Waals surface area contributed by atoms with E-state index in [4.69, 9.17) is 0 Å². The summed E-state index contributed by atoms with van der Waals surface area (Å²) in [6.07, 6.45) is 3.12. The number of pyridine rings is 1. The Kier molecular flexibility index (Phi) is 5.28. The van der Waals surface area contributed by atoms with Crippen molar-refractivity contribution in [3.05, 3.63) is 60.4 Å². The van der Waals surface area contributed by atoms with Crippen molar-refractivity contribution in [3.63, 3.8) is 0 Å². The highest BCUT2D eigenvalue weighted by Crippen LogP contribution is 2.16. The third-order valence-electron chi connectivity index (χ3n) is 4.37. The Balaban J connectivity index is 1.53. The number of carbonyl (C=O) groups excluding carboxylic acids is 2. The Morgan fingerprint density at radius 3 is 2.28 bits per heavy atom. The van der Waals surface area contributed by atoms with Gasteiger partial charge in [0.2, 0.25) is 5.91 Å². The quantitative estimate of drug-likeness (QED) is 0.919. The fourth-order valence-electron chi connectivity index (χ4n) is 2.94. The Hall–Kier alpha value is -2.89. The van der Waals surface area contributed by atoms with Gasteiger partial charge in [-0.25, -0.2) is 0 Å². The van der Waals surface area contributed by atoms with Crippen molar-refractivity contribution in [2.75, 3.05) is 31.1 Å². The van der Waals surface area contributed by atoms with Gasteiger partial charge in [0, 0.05) is 49.8 Å². The van der Waals surface area contributed by atoms with Gasteiger partial charge in [0.25, 0.3) is 5.91 Å². The first-order valence-electron chi connectivity index (χ1n) is 8.45. The number of rotatable bonds is 4. The van der Waals surface area contributed by atoms with E-state index in [-0.39, 0.29) is 11.8 Å². The smallest absolute Gasteiger partial charge is 0.252 e. The summed E-state index contributed by atoms with van der Waals surface area (Å²) in [4.78, 5) is 32.7. The van der Waals surface area contributed by atoms with Crippen LogP contribution in [-0.4, -0.2) is 53.9 Å². The second-order valence-electron chi connectivity index (χ2n) is 6.08. The maximum atomic E-state index is 12.6. The largest absolute Gasteiger partial charge is 0.368 e. The summed E-state index contributed by atoms with van der Waals surface area (Å²) in [5, 5.41) is 2.76. The Morgan fingerprint density at radius 2 is 1.64 bits per heavy atom. The second-order valence-corrected chi connectivity index (χ2v) is 6.08. The van der Waals surface area contributed by atoms with Gasteiger partial charge in [-0.2, -0.15) is 0 Å². The van der Waals surface area contributed by atoms with E-state index in [2.05, 4.69) is 27.3 Å². The summed E-state index contributed by atoms with van der Waals surface area (Å²) >= 11 is 0. The van der Waals surface area contributed by atoms with Gasteiger partial charge in [-0.15, -0.1) is 0 Å². The fraction of sp³-hybridized carbons (Fsp3) is 0.316. The van der Waals surface area contributed by atoms with Crippen LogP contribution >= 0.6 is 0 Å². The number of amides is 2. The van der Waals surface area contributed by atoms with Crippen LogP contribution in [0.25, 0.3) is 0 Å². The molecule has 0 aliphatic carbocycles. The lowest BCUT2D eigenvalue weighted by Gasteiger charge is -2.37. The van der Waals surface area contributed by atoms with E-state index in [0.29, 0.717) is 18.7 Å². The van der Waals surface area contributed by atoms with Gasteiger partial charge in [0.15, 0.2) is 0 Å². The van der Waals surface area contributed by atoms with E-state index in [1.807, 2.05) is 23.1 Å². The van der Waals surface area contributed by atoms with Gasteiger partial charge >= 0.3 is 0 Å². The average molecular weight is 338 g/mol. The number of carbonyl (C=O) groups is 2. The molecular formula is C19H22N4O2. The number of nitrogens with zero attached hydrogens (tertiary/aromatic N) is 3. The van der Waals surface area contributed by atoms with Crippen molar-refractivity contribution >= 4 is 17.5 Å². The number of hydrogen-bond acceptors (Lipinski definition) is 4. The van der Waals surface area contributed by atoms with Crippen LogP contribution in [0.1, 0.15) is 17.3 Å². The molecule has 1 aliphatic heterocycles. The van der Waals surface area contributed by atoms with Gasteiger partial charge < -0.3 is 15.1 Å². The summed E-state index contributed by atoms with van der Waals surface area (Å²) in [7, 11) is 0. The summed E-state index contributed by atoms with van der Waals surface area (Å²) in [6, 6.07) is 12.9. The molecule has 2 heterocycles. The van der Waals surface area contributed by atoms with E-state index in [1.54, 1.807) is 31.5 Å². The zero-order chi connectivity index (χ0) is 17.6. The van der Waals surface area contributed by atoms with Crippen LogP contribution in [-0.2, 0) is 4.79 Å². The molecule has 25 heavy (non-hydrogen) atoms. The van der Waals surface area contributed by atoms with E-state index < -0.39 is 6.04 Å². The molecule has 0 bridgehead atoms. The average Bonchev–Trinajstić information content (AvgIpc) is 2.69. The minimum Gasteiger partial charge on any atom is -0.368 e. The number of anilines is 1. The molecule has 1 aliphatic rings. The molecule has 130 valence electrons. The lowest BCUT2D eigenvalue weighted by Crippen LogP contribution is -2.54. The van der Waals surface area contributed by atoms with Crippen LogP contribution in [0.2, 0.25) is 0 Å². The molecule has 6 heteroatoms.